The van der Waals surface area contributed by atoms with E-state index in [1.54, 1.807) is 12.4 Å². The van der Waals surface area contributed by atoms with E-state index in [0.29, 0.717) is 48.7 Å². The van der Waals surface area contributed by atoms with Crippen LogP contribution in [0.2, 0.25) is 0 Å². The van der Waals surface area contributed by atoms with E-state index in [0.717, 1.165) is 22.9 Å². The van der Waals surface area contributed by atoms with Gasteiger partial charge >= 0.3 is 0 Å². The topological polar surface area (TPSA) is 88.1 Å². The first-order valence-electron chi connectivity index (χ1n) is 10.4. The second-order valence-electron chi connectivity index (χ2n) is 7.98. The van der Waals surface area contributed by atoms with Crippen molar-refractivity contribution in [1.82, 2.24) is 19.3 Å². The number of nitrogens with zero attached hydrogens (tertiary/aromatic N) is 4. The molecule has 0 spiro atoms. The first kappa shape index (κ1) is 21.6. The lowest BCUT2D eigenvalue weighted by molar-refractivity contribution is 0.331. The van der Waals surface area contributed by atoms with Crippen LogP contribution in [0.4, 0.5) is 10.3 Å². The van der Waals surface area contributed by atoms with Crippen molar-refractivity contribution >= 4 is 26.9 Å². The molecule has 2 aromatic heterocycles. The fraction of sp³-hybridized carbons (Fsp3) is 0.409. The fourth-order valence-corrected chi connectivity index (χ4v) is 4.90. The second-order valence-corrected chi connectivity index (χ2v) is 9.97. The van der Waals surface area contributed by atoms with E-state index < -0.39 is 10.0 Å². The Balaban J connectivity index is 1.62. The van der Waals surface area contributed by atoms with Crippen LogP contribution >= 0.6 is 0 Å². The lowest BCUT2D eigenvalue weighted by Crippen LogP contribution is -2.42. The van der Waals surface area contributed by atoms with Gasteiger partial charge in [0.15, 0.2) is 0 Å². The van der Waals surface area contributed by atoms with Gasteiger partial charge < -0.3 is 5.32 Å². The Bertz CT molecular complexity index is 1220. The van der Waals surface area contributed by atoms with Gasteiger partial charge in [0.2, 0.25) is 16.0 Å². The van der Waals surface area contributed by atoms with Gasteiger partial charge in [0.25, 0.3) is 0 Å². The minimum Gasteiger partial charge on any atom is -0.351 e. The van der Waals surface area contributed by atoms with Crippen molar-refractivity contribution in [3.8, 4) is 11.3 Å². The summed E-state index contributed by atoms with van der Waals surface area (Å²) in [5.74, 6) is 0.0873. The van der Waals surface area contributed by atoms with E-state index >= 15 is 0 Å². The third-order valence-electron chi connectivity index (χ3n) is 5.77. The molecule has 9 heteroatoms. The maximum atomic E-state index is 14.8. The van der Waals surface area contributed by atoms with Gasteiger partial charge in [-0.3, -0.25) is 4.98 Å². The van der Waals surface area contributed by atoms with Crippen LogP contribution in [0.1, 0.15) is 30.9 Å². The van der Waals surface area contributed by atoms with Crippen molar-refractivity contribution < 1.29 is 12.8 Å². The molecule has 1 N–H and O–H groups in total. The van der Waals surface area contributed by atoms with Crippen molar-refractivity contribution in [2.24, 2.45) is 0 Å². The van der Waals surface area contributed by atoms with E-state index in [4.69, 9.17) is 0 Å². The van der Waals surface area contributed by atoms with E-state index in [-0.39, 0.29) is 11.9 Å². The number of aromatic nitrogens is 3. The number of hydrogen-bond acceptors (Lipinski definition) is 6. The van der Waals surface area contributed by atoms with Gasteiger partial charge in [0, 0.05) is 42.5 Å². The minimum absolute atomic E-state index is 0.0813. The molecule has 0 saturated carbocycles. The normalized spacial score (nSPS) is 16.0. The molecule has 0 unspecified atom stereocenters. The molecule has 1 aliphatic rings. The Kier molecular flexibility index (Phi) is 5.90. The maximum Gasteiger partial charge on any atom is 0.223 e. The van der Waals surface area contributed by atoms with E-state index in [1.807, 2.05) is 26.0 Å². The molecule has 0 aliphatic carbocycles. The number of halogens is 1. The SMILES string of the molecule is CCc1ccnc2c(F)cc(-c3nc(NC4CCN(S(C)(=O)=O)CC4)ncc3C)cc12. The highest BCUT2D eigenvalue weighted by atomic mass is 32.2. The van der Waals surface area contributed by atoms with Crippen LogP contribution in [-0.2, 0) is 16.4 Å². The summed E-state index contributed by atoms with van der Waals surface area (Å²) < 4.78 is 39.7. The summed E-state index contributed by atoms with van der Waals surface area (Å²) in [6, 6.07) is 5.40. The van der Waals surface area contributed by atoms with Crippen LogP contribution in [-0.4, -0.2) is 53.1 Å². The minimum atomic E-state index is -3.16. The van der Waals surface area contributed by atoms with Crippen molar-refractivity contribution in [1.29, 1.82) is 0 Å². The highest BCUT2D eigenvalue weighted by Gasteiger charge is 2.25. The molecule has 3 heterocycles. The molecule has 0 atom stereocenters. The summed E-state index contributed by atoms with van der Waals surface area (Å²) in [6.07, 6.45) is 6.73. The second kappa shape index (κ2) is 8.47. The molecule has 1 aliphatic heterocycles. The zero-order valence-electron chi connectivity index (χ0n) is 17.9. The van der Waals surface area contributed by atoms with Gasteiger partial charge in [0.1, 0.15) is 11.3 Å². The highest BCUT2D eigenvalue weighted by Crippen LogP contribution is 2.29. The molecule has 1 fully saturated rings. The number of fused-ring (bicyclic) bond motifs is 1. The zero-order chi connectivity index (χ0) is 22.2. The van der Waals surface area contributed by atoms with Crippen LogP contribution in [0.25, 0.3) is 22.2 Å². The largest absolute Gasteiger partial charge is 0.351 e. The van der Waals surface area contributed by atoms with Crippen LogP contribution < -0.4 is 5.32 Å². The molecule has 1 aromatic carbocycles. The number of pyridine rings is 1. The predicted molar refractivity (Wildman–Crippen MR) is 120 cm³/mol. The molecule has 0 radical (unpaired) electrons. The molecular weight excluding hydrogens is 417 g/mol. The molecule has 164 valence electrons. The van der Waals surface area contributed by atoms with E-state index in [2.05, 4.69) is 20.3 Å². The number of aryl methyl sites for hydroxylation is 2. The van der Waals surface area contributed by atoms with Gasteiger partial charge in [-0.15, -0.1) is 0 Å². The number of piperidine rings is 1. The Hall–Kier alpha value is -2.65. The van der Waals surface area contributed by atoms with Crippen molar-refractivity contribution in [3.63, 3.8) is 0 Å². The molecular formula is C22H26FN5O2S. The Morgan fingerprint density at radius 3 is 2.65 bits per heavy atom. The summed E-state index contributed by atoms with van der Waals surface area (Å²) in [5, 5.41) is 4.11. The van der Waals surface area contributed by atoms with Crippen LogP contribution in [0.3, 0.4) is 0 Å². The van der Waals surface area contributed by atoms with E-state index in [1.165, 1.54) is 16.6 Å². The Morgan fingerprint density at radius 1 is 1.23 bits per heavy atom. The Morgan fingerprint density at radius 2 is 1.97 bits per heavy atom. The Labute approximate surface area is 181 Å². The first-order chi connectivity index (χ1) is 14.8. The zero-order valence-corrected chi connectivity index (χ0v) is 18.7. The molecule has 0 bridgehead atoms. The average molecular weight is 444 g/mol. The van der Waals surface area contributed by atoms with Crippen molar-refractivity contribution in [2.75, 3.05) is 24.7 Å². The highest BCUT2D eigenvalue weighted by molar-refractivity contribution is 7.88. The fourth-order valence-electron chi connectivity index (χ4n) is 4.03. The average Bonchev–Trinajstić information content (AvgIpc) is 2.74. The molecule has 3 aromatic rings. The van der Waals surface area contributed by atoms with Crippen LogP contribution in [0.15, 0.2) is 30.6 Å². The van der Waals surface area contributed by atoms with Crippen molar-refractivity contribution in [2.45, 2.75) is 39.2 Å². The van der Waals surface area contributed by atoms with Gasteiger partial charge in [-0.25, -0.2) is 27.1 Å². The number of rotatable bonds is 5. The number of nitrogens with one attached hydrogen (secondary N) is 1. The first-order valence-corrected chi connectivity index (χ1v) is 12.2. The van der Waals surface area contributed by atoms with Crippen LogP contribution in [0.5, 0.6) is 0 Å². The molecule has 31 heavy (non-hydrogen) atoms. The summed E-state index contributed by atoms with van der Waals surface area (Å²) in [4.78, 5) is 13.2. The molecule has 7 nitrogen and oxygen atoms in total. The number of sulfonamides is 1. The summed E-state index contributed by atoms with van der Waals surface area (Å²) >= 11 is 0. The molecule has 0 amide bonds. The predicted octanol–water partition coefficient (Wildman–Crippen LogP) is 3.54. The lowest BCUT2D eigenvalue weighted by Gasteiger charge is -2.30. The van der Waals surface area contributed by atoms with Gasteiger partial charge in [0.05, 0.1) is 11.9 Å². The monoisotopic (exact) mass is 443 g/mol. The van der Waals surface area contributed by atoms with Crippen molar-refractivity contribution in [3.05, 3.63) is 47.5 Å². The lowest BCUT2D eigenvalue weighted by atomic mass is 10.0. The summed E-state index contributed by atoms with van der Waals surface area (Å²) in [7, 11) is -3.16. The maximum absolute atomic E-state index is 14.8. The summed E-state index contributed by atoms with van der Waals surface area (Å²) in [6.45, 7) is 4.87. The molecule has 1 saturated heterocycles. The standard InChI is InChI=1S/C22H26FN5O2S/c1-4-15-5-8-24-21-18(15)11-16(12-19(21)23)20-14(2)13-25-22(27-20)26-17-6-9-28(10-7-17)31(3,29)30/h5,8,11-13,17H,4,6-7,9-10H2,1-3H3,(H,25,26,27). The quantitative estimate of drug-likeness (QED) is 0.649. The number of hydrogen-bond donors (Lipinski definition) is 1. The number of anilines is 1. The van der Waals surface area contributed by atoms with Gasteiger partial charge in [-0.1, -0.05) is 6.92 Å². The number of benzene rings is 1. The third-order valence-corrected chi connectivity index (χ3v) is 7.07. The molecule has 4 rings (SSSR count). The third kappa shape index (κ3) is 4.52. The van der Waals surface area contributed by atoms with E-state index in [9.17, 15) is 12.8 Å². The van der Waals surface area contributed by atoms with Crippen LogP contribution in [0, 0.1) is 12.7 Å². The van der Waals surface area contributed by atoms with Gasteiger partial charge in [-0.2, -0.15) is 0 Å². The smallest absolute Gasteiger partial charge is 0.223 e. The summed E-state index contributed by atoms with van der Waals surface area (Å²) in [5.41, 5.74) is 3.60. The van der Waals surface area contributed by atoms with Gasteiger partial charge in [-0.05, 0) is 55.5 Å².